The SMILES string of the molecule is C=CC(=O)N1C/C(=C\c2ccc(C)cc2)C(=O)C2(C1)C(c1ccc(C)cc1)C(c1ccccc1)NC21C(=O)Nc2ccccc21. The number of carbonyl (C=O) groups is 3. The van der Waals surface area contributed by atoms with Gasteiger partial charge in [0.15, 0.2) is 5.78 Å². The summed E-state index contributed by atoms with van der Waals surface area (Å²) in [5.74, 6) is -1.23. The van der Waals surface area contributed by atoms with Crippen molar-refractivity contribution < 1.29 is 14.4 Å². The second-order valence-electron chi connectivity index (χ2n) is 12.4. The van der Waals surface area contributed by atoms with Gasteiger partial charge in [-0.3, -0.25) is 19.7 Å². The predicted molar refractivity (Wildman–Crippen MR) is 176 cm³/mol. The lowest BCUT2D eigenvalue weighted by Gasteiger charge is -2.50. The Morgan fingerprint density at radius 1 is 0.844 bits per heavy atom. The van der Waals surface area contributed by atoms with Crippen molar-refractivity contribution in [2.45, 2.75) is 31.3 Å². The molecule has 7 rings (SSSR count). The number of para-hydroxylation sites is 1. The fourth-order valence-electron chi connectivity index (χ4n) is 7.77. The van der Waals surface area contributed by atoms with Crippen LogP contribution in [0.5, 0.6) is 0 Å². The van der Waals surface area contributed by atoms with Gasteiger partial charge in [0.1, 0.15) is 5.54 Å². The van der Waals surface area contributed by atoms with Crippen LogP contribution in [0.15, 0.2) is 121 Å². The Bertz CT molecular complexity index is 1860. The first kappa shape index (κ1) is 28.7. The molecule has 224 valence electrons. The Labute approximate surface area is 263 Å². The van der Waals surface area contributed by atoms with Gasteiger partial charge in [-0.15, -0.1) is 0 Å². The van der Waals surface area contributed by atoms with Gasteiger partial charge >= 0.3 is 0 Å². The number of hydrogen-bond donors (Lipinski definition) is 2. The van der Waals surface area contributed by atoms with Gasteiger partial charge in [-0.05, 0) is 48.8 Å². The quantitative estimate of drug-likeness (QED) is 0.275. The highest BCUT2D eigenvalue weighted by Crippen LogP contribution is 2.65. The van der Waals surface area contributed by atoms with E-state index in [4.69, 9.17) is 0 Å². The van der Waals surface area contributed by atoms with Gasteiger partial charge in [0.2, 0.25) is 5.91 Å². The molecule has 2 fully saturated rings. The molecule has 4 aromatic carbocycles. The number of rotatable bonds is 4. The lowest BCUT2D eigenvalue weighted by molar-refractivity contribution is -0.145. The van der Waals surface area contributed by atoms with E-state index in [0.29, 0.717) is 16.8 Å². The first-order chi connectivity index (χ1) is 21.8. The number of nitrogens with one attached hydrogen (secondary N) is 2. The van der Waals surface area contributed by atoms with Gasteiger partial charge < -0.3 is 10.2 Å². The molecule has 3 aliphatic heterocycles. The third-order valence-corrected chi connectivity index (χ3v) is 9.82. The highest BCUT2D eigenvalue weighted by atomic mass is 16.2. The topological polar surface area (TPSA) is 78.5 Å². The van der Waals surface area contributed by atoms with E-state index in [-0.39, 0.29) is 30.7 Å². The molecular weight excluding hydrogens is 558 g/mol. The zero-order chi connectivity index (χ0) is 31.3. The third-order valence-electron chi connectivity index (χ3n) is 9.82. The highest BCUT2D eigenvalue weighted by molar-refractivity contribution is 6.16. The summed E-state index contributed by atoms with van der Waals surface area (Å²) in [5, 5.41) is 6.90. The normalized spacial score (nSPS) is 26.4. The molecule has 3 heterocycles. The molecule has 0 saturated carbocycles. The van der Waals surface area contributed by atoms with E-state index in [1.807, 2.05) is 111 Å². The number of hydrogen-bond acceptors (Lipinski definition) is 4. The number of anilines is 1. The molecule has 2 amide bonds. The maximum Gasteiger partial charge on any atom is 0.250 e. The second kappa shape index (κ2) is 10.8. The van der Waals surface area contributed by atoms with Crippen LogP contribution in [0.25, 0.3) is 6.08 Å². The number of carbonyl (C=O) groups excluding carboxylic acids is 3. The van der Waals surface area contributed by atoms with Crippen molar-refractivity contribution in [2.24, 2.45) is 5.41 Å². The molecule has 0 bridgehead atoms. The van der Waals surface area contributed by atoms with Gasteiger partial charge in [0.25, 0.3) is 5.91 Å². The number of ketones is 1. The van der Waals surface area contributed by atoms with Crippen LogP contribution in [0, 0.1) is 19.3 Å². The Kier molecular flexibility index (Phi) is 6.90. The van der Waals surface area contributed by atoms with E-state index < -0.39 is 22.9 Å². The van der Waals surface area contributed by atoms with Crippen LogP contribution in [-0.4, -0.2) is 35.6 Å². The van der Waals surface area contributed by atoms with E-state index in [1.165, 1.54) is 6.08 Å². The van der Waals surface area contributed by atoms with Crippen molar-refractivity contribution in [1.29, 1.82) is 0 Å². The number of piperidine rings is 1. The van der Waals surface area contributed by atoms with Crippen molar-refractivity contribution in [1.82, 2.24) is 10.2 Å². The van der Waals surface area contributed by atoms with E-state index in [2.05, 4.69) is 29.3 Å². The molecule has 0 radical (unpaired) electrons. The van der Waals surface area contributed by atoms with Gasteiger partial charge in [-0.2, -0.15) is 0 Å². The molecule has 6 nitrogen and oxygen atoms in total. The number of benzene rings is 4. The summed E-state index contributed by atoms with van der Waals surface area (Å²) in [4.78, 5) is 45.5. The summed E-state index contributed by atoms with van der Waals surface area (Å²) in [7, 11) is 0. The van der Waals surface area contributed by atoms with Gasteiger partial charge in [0, 0.05) is 41.9 Å². The van der Waals surface area contributed by atoms with E-state index in [0.717, 1.165) is 27.8 Å². The van der Waals surface area contributed by atoms with Crippen molar-refractivity contribution in [2.75, 3.05) is 18.4 Å². The Hall–Kier alpha value is -5.07. The zero-order valence-electron chi connectivity index (χ0n) is 25.4. The van der Waals surface area contributed by atoms with Gasteiger partial charge in [-0.25, -0.2) is 0 Å². The van der Waals surface area contributed by atoms with Crippen LogP contribution in [0.4, 0.5) is 5.69 Å². The molecule has 2 spiro atoms. The van der Waals surface area contributed by atoms with Crippen molar-refractivity contribution >= 4 is 29.4 Å². The largest absolute Gasteiger partial charge is 0.334 e. The molecular formula is C39H35N3O3. The minimum atomic E-state index is -1.47. The van der Waals surface area contributed by atoms with E-state index >= 15 is 4.79 Å². The molecule has 4 unspecified atom stereocenters. The van der Waals surface area contributed by atoms with Gasteiger partial charge in [-0.1, -0.05) is 115 Å². The monoisotopic (exact) mass is 593 g/mol. The molecule has 0 aromatic heterocycles. The van der Waals surface area contributed by atoms with E-state index in [9.17, 15) is 9.59 Å². The number of Topliss-reactive ketones (excluding diaryl/α,β-unsaturated/α-hetero) is 1. The fourth-order valence-corrected chi connectivity index (χ4v) is 7.77. The number of nitrogens with zero attached hydrogens (tertiary/aromatic N) is 1. The Morgan fingerprint density at radius 3 is 2.18 bits per heavy atom. The lowest BCUT2D eigenvalue weighted by Crippen LogP contribution is -2.66. The third kappa shape index (κ3) is 4.31. The molecule has 6 heteroatoms. The number of fused-ring (bicyclic) bond motifs is 3. The van der Waals surface area contributed by atoms with Crippen LogP contribution in [0.2, 0.25) is 0 Å². The molecule has 0 aliphatic carbocycles. The van der Waals surface area contributed by atoms with Crippen molar-refractivity contribution in [3.63, 3.8) is 0 Å². The second-order valence-corrected chi connectivity index (χ2v) is 12.4. The summed E-state index contributed by atoms with van der Waals surface area (Å²) in [5.41, 5.74) is 3.90. The zero-order valence-corrected chi connectivity index (χ0v) is 25.4. The molecule has 4 aromatic rings. The summed E-state index contributed by atoms with van der Waals surface area (Å²) in [6.45, 7) is 7.99. The Morgan fingerprint density at radius 2 is 1.49 bits per heavy atom. The number of amides is 2. The van der Waals surface area contributed by atoms with Crippen molar-refractivity contribution in [3.8, 4) is 0 Å². The maximum atomic E-state index is 15.6. The minimum absolute atomic E-state index is 0.0402. The lowest BCUT2D eigenvalue weighted by atomic mass is 9.55. The maximum absolute atomic E-state index is 15.6. The van der Waals surface area contributed by atoms with Crippen LogP contribution >= 0.6 is 0 Å². The Balaban J connectivity index is 1.57. The molecule has 2 N–H and O–H groups in total. The van der Waals surface area contributed by atoms with Crippen LogP contribution in [0.1, 0.15) is 45.3 Å². The van der Waals surface area contributed by atoms with Crippen LogP contribution in [0.3, 0.4) is 0 Å². The average molecular weight is 594 g/mol. The highest BCUT2D eigenvalue weighted by Gasteiger charge is 2.75. The molecule has 4 atom stereocenters. The first-order valence-corrected chi connectivity index (χ1v) is 15.3. The number of aryl methyl sites for hydroxylation is 2. The summed E-state index contributed by atoms with van der Waals surface area (Å²) < 4.78 is 0. The predicted octanol–water partition coefficient (Wildman–Crippen LogP) is 6.25. The summed E-state index contributed by atoms with van der Waals surface area (Å²) >= 11 is 0. The molecule has 2 saturated heterocycles. The number of likely N-dealkylation sites (tertiary alicyclic amines) is 1. The van der Waals surface area contributed by atoms with Gasteiger partial charge in [0.05, 0.1) is 5.41 Å². The molecule has 3 aliphatic rings. The standard InChI is InChI=1S/C39H35N3O3/c1-4-33(43)42-23-30(22-27-18-14-25(2)15-19-27)36(44)38(24-42)34(28-20-16-26(3)17-21-28)35(29-10-6-5-7-11-29)41-39(38)31-12-8-9-13-32(31)40-37(39)45/h4-22,34-35,41H,1,23-24H2,2-3H3,(H,40,45)/b30-22+. The first-order valence-electron chi connectivity index (χ1n) is 15.3. The van der Waals surface area contributed by atoms with E-state index in [1.54, 1.807) is 4.90 Å². The summed E-state index contributed by atoms with van der Waals surface area (Å²) in [6.07, 6.45) is 3.17. The smallest absolute Gasteiger partial charge is 0.250 e. The molecule has 45 heavy (non-hydrogen) atoms. The van der Waals surface area contributed by atoms with Crippen LogP contribution in [-0.2, 0) is 19.9 Å². The van der Waals surface area contributed by atoms with Crippen LogP contribution < -0.4 is 10.6 Å². The minimum Gasteiger partial charge on any atom is -0.334 e. The summed E-state index contributed by atoms with van der Waals surface area (Å²) in [6, 6.07) is 33.3. The average Bonchev–Trinajstić information content (AvgIpc) is 3.52. The fraction of sp³-hybridized carbons (Fsp3) is 0.205. The van der Waals surface area contributed by atoms with Crippen molar-refractivity contribution in [3.05, 3.63) is 155 Å².